The number of ketones is 1. The van der Waals surface area contributed by atoms with E-state index in [0.717, 1.165) is 19.3 Å². The fourth-order valence-electron chi connectivity index (χ4n) is 5.00. The maximum atomic E-state index is 13.9. The molecule has 4 N–H and O–H groups in total. The lowest BCUT2D eigenvalue weighted by atomic mass is 9.90. The Balaban J connectivity index is 1.73. The summed E-state index contributed by atoms with van der Waals surface area (Å²) in [5, 5.41) is 10.5. The molecule has 1 amide bonds. The molecule has 11 nitrogen and oxygen atoms in total. The van der Waals surface area contributed by atoms with Crippen LogP contribution in [0, 0.1) is 23.2 Å². The number of esters is 2. The Morgan fingerprint density at radius 2 is 1.77 bits per heavy atom. The Morgan fingerprint density at radius 1 is 1.06 bits per heavy atom. The van der Waals surface area contributed by atoms with Crippen LogP contribution in [0.2, 0.25) is 0 Å². The van der Waals surface area contributed by atoms with Crippen LogP contribution in [0.25, 0.3) is 17.2 Å². The monoisotopic (exact) mass is 654 g/mol. The summed E-state index contributed by atoms with van der Waals surface area (Å²) in [6, 6.07) is 13.0. The molecule has 4 rings (SSSR count). The molecule has 1 aromatic heterocycles. The molecule has 11 heteroatoms. The van der Waals surface area contributed by atoms with Gasteiger partial charge in [0.2, 0.25) is 6.79 Å². The van der Waals surface area contributed by atoms with E-state index in [1.54, 1.807) is 49.4 Å². The van der Waals surface area contributed by atoms with Gasteiger partial charge in [-0.3, -0.25) is 19.8 Å². The number of nitrogens with zero attached hydrogens (tertiary/aromatic N) is 1. The van der Waals surface area contributed by atoms with Crippen molar-refractivity contribution in [2.24, 2.45) is 23.5 Å². The molecule has 0 unspecified atom stereocenters. The number of ether oxygens (including phenoxy) is 3. The van der Waals surface area contributed by atoms with Crippen molar-refractivity contribution in [3.63, 3.8) is 0 Å². The average Bonchev–Trinajstić information content (AvgIpc) is 3.93. The highest BCUT2D eigenvalue weighted by molar-refractivity contribution is 6.07. The molecule has 0 radical (unpaired) electrons. The van der Waals surface area contributed by atoms with Crippen LogP contribution in [0.5, 0.6) is 5.75 Å². The zero-order valence-electron chi connectivity index (χ0n) is 27.8. The van der Waals surface area contributed by atoms with E-state index in [-0.39, 0.29) is 46.5 Å². The molecule has 1 heterocycles. The van der Waals surface area contributed by atoms with Crippen LogP contribution < -0.4 is 15.8 Å². The van der Waals surface area contributed by atoms with E-state index in [0.29, 0.717) is 40.5 Å². The zero-order chi connectivity index (χ0) is 35.0. The number of Topliss-reactive ketones (excluding diaryl/α,β-unsaturated/α-hetero) is 1. The summed E-state index contributed by atoms with van der Waals surface area (Å²) in [5.74, 6) is -1.80. The minimum absolute atomic E-state index is 0.00667. The lowest BCUT2D eigenvalue weighted by Crippen LogP contribution is -2.27. The van der Waals surface area contributed by atoms with Crippen LogP contribution in [-0.2, 0) is 20.7 Å². The normalized spacial score (nSPS) is 13.5. The summed E-state index contributed by atoms with van der Waals surface area (Å²) in [6.07, 6.45) is 4.40. The van der Waals surface area contributed by atoms with Crippen molar-refractivity contribution in [1.29, 1.82) is 5.41 Å². The second-order valence-electron chi connectivity index (χ2n) is 12.0. The number of nitrogens with two attached hydrogens (primary N) is 1. The highest BCUT2D eigenvalue weighted by atomic mass is 16.7. The minimum atomic E-state index is -0.948. The number of carbonyl (C=O) groups excluding carboxylic acids is 4. The quantitative estimate of drug-likeness (QED) is 0.0586. The number of pyridine rings is 1. The molecule has 2 aromatic carbocycles. The molecule has 0 bridgehead atoms. The molecule has 0 saturated heterocycles. The number of rotatable bonds is 16. The maximum Gasteiger partial charge on any atom is 0.360 e. The summed E-state index contributed by atoms with van der Waals surface area (Å²) in [5.41, 5.74) is 7.85. The summed E-state index contributed by atoms with van der Waals surface area (Å²) >= 11 is 0. The smallest absolute Gasteiger partial charge is 0.360 e. The second-order valence-corrected chi connectivity index (χ2v) is 12.0. The summed E-state index contributed by atoms with van der Waals surface area (Å²) in [6.45, 7) is 9.33. The molecule has 0 spiro atoms. The van der Waals surface area contributed by atoms with E-state index >= 15 is 0 Å². The standard InChI is InChI=1S/C37H42N4O7/c1-6-21(3)22(4)36(44)47-20-48-37(45)33-27(14-15-30(41-33)35(43)40-19-24-8-9-24)28-18-32(46-5)25(7-2)17-29(28)31(42)16-23-10-12-26(13-11-23)34(38)39/h7,10-15,17-18,21-22,24H,2,6,8-9,16,19-20H2,1,3-5H3,(H3,38,39)(H,40,43)/t21-,22-/m0/s1. The maximum absolute atomic E-state index is 13.9. The fraction of sp³-hybridized carbons (Fsp3) is 0.351. The van der Waals surface area contributed by atoms with Crippen LogP contribution in [0.3, 0.4) is 0 Å². The minimum Gasteiger partial charge on any atom is -0.496 e. The number of hydrogen-bond acceptors (Lipinski definition) is 9. The molecule has 3 aromatic rings. The van der Waals surface area contributed by atoms with Crippen LogP contribution >= 0.6 is 0 Å². The first-order valence-electron chi connectivity index (χ1n) is 15.9. The number of benzene rings is 2. The first-order valence-corrected chi connectivity index (χ1v) is 15.9. The second kappa shape index (κ2) is 16.0. The van der Waals surface area contributed by atoms with Crippen molar-refractivity contribution in [1.82, 2.24) is 10.3 Å². The molecule has 0 aliphatic heterocycles. The van der Waals surface area contributed by atoms with Crippen LogP contribution in [0.4, 0.5) is 0 Å². The van der Waals surface area contributed by atoms with Gasteiger partial charge in [-0.1, -0.05) is 64.1 Å². The van der Waals surface area contributed by atoms with E-state index in [1.807, 2.05) is 13.8 Å². The third kappa shape index (κ3) is 8.72. The molecule has 1 aliphatic carbocycles. The Hall–Kier alpha value is -5.32. The van der Waals surface area contributed by atoms with Gasteiger partial charge >= 0.3 is 11.9 Å². The van der Waals surface area contributed by atoms with E-state index in [1.165, 1.54) is 19.2 Å². The predicted molar refractivity (Wildman–Crippen MR) is 182 cm³/mol. The van der Waals surface area contributed by atoms with Crippen LogP contribution in [0.1, 0.15) is 88.1 Å². The fourth-order valence-corrected chi connectivity index (χ4v) is 5.00. The van der Waals surface area contributed by atoms with Crippen molar-refractivity contribution in [3.8, 4) is 16.9 Å². The summed E-state index contributed by atoms with van der Waals surface area (Å²) in [4.78, 5) is 57.4. The van der Waals surface area contributed by atoms with Gasteiger partial charge in [0.05, 0.1) is 13.0 Å². The van der Waals surface area contributed by atoms with Gasteiger partial charge in [0.1, 0.15) is 17.3 Å². The number of hydrogen-bond donors (Lipinski definition) is 3. The number of carbonyl (C=O) groups is 4. The number of nitrogen functional groups attached to an aromatic ring is 1. The highest BCUT2D eigenvalue weighted by Crippen LogP contribution is 2.35. The number of amides is 1. The van der Waals surface area contributed by atoms with Gasteiger partial charge in [0.15, 0.2) is 11.5 Å². The SMILES string of the molecule is C=Cc1cc(C(=O)Cc2ccc(C(=N)N)cc2)c(-c2ccc(C(=O)NCC3CC3)nc2C(=O)OCOC(=O)[C@@H](C)[C@@H](C)CC)cc1OC. The first kappa shape index (κ1) is 35.5. The Labute approximate surface area is 280 Å². The molecule has 48 heavy (non-hydrogen) atoms. The topological polar surface area (TPSA) is 171 Å². The van der Waals surface area contributed by atoms with Crippen molar-refractivity contribution in [2.45, 2.75) is 46.5 Å². The van der Waals surface area contributed by atoms with Crippen LogP contribution in [0.15, 0.2) is 55.1 Å². The van der Waals surface area contributed by atoms with Gasteiger partial charge in [-0.25, -0.2) is 9.78 Å². The lowest BCUT2D eigenvalue weighted by molar-refractivity contribution is -0.158. The summed E-state index contributed by atoms with van der Waals surface area (Å²) < 4.78 is 16.2. The van der Waals surface area contributed by atoms with Gasteiger partial charge in [-0.05, 0) is 60.1 Å². The van der Waals surface area contributed by atoms with E-state index in [9.17, 15) is 19.2 Å². The number of methoxy groups -OCH3 is 1. The van der Waals surface area contributed by atoms with E-state index in [2.05, 4.69) is 16.9 Å². The van der Waals surface area contributed by atoms with Gasteiger partial charge in [-0.2, -0.15) is 0 Å². The third-order valence-electron chi connectivity index (χ3n) is 8.64. The van der Waals surface area contributed by atoms with E-state index < -0.39 is 30.6 Å². The molecule has 1 fully saturated rings. The third-order valence-corrected chi connectivity index (χ3v) is 8.64. The van der Waals surface area contributed by atoms with Gasteiger partial charge < -0.3 is 25.3 Å². The molecule has 252 valence electrons. The first-order chi connectivity index (χ1) is 23.0. The molecule has 2 atom stereocenters. The van der Waals surface area contributed by atoms with E-state index in [4.69, 9.17) is 25.4 Å². The van der Waals surface area contributed by atoms with Crippen molar-refractivity contribution >= 4 is 35.5 Å². The molecular formula is C37H42N4O7. The lowest BCUT2D eigenvalue weighted by Gasteiger charge is -2.18. The van der Waals surface area contributed by atoms with Gasteiger partial charge in [-0.15, -0.1) is 0 Å². The number of aromatic nitrogens is 1. The number of amidine groups is 1. The van der Waals surface area contributed by atoms with Crippen LogP contribution in [-0.4, -0.2) is 54.9 Å². The van der Waals surface area contributed by atoms with Crippen molar-refractivity contribution in [2.75, 3.05) is 20.4 Å². The predicted octanol–water partition coefficient (Wildman–Crippen LogP) is 5.59. The number of nitrogens with one attached hydrogen (secondary N) is 2. The Bertz CT molecular complexity index is 1710. The van der Waals surface area contributed by atoms with Crippen molar-refractivity contribution < 1.29 is 33.4 Å². The average molecular weight is 655 g/mol. The largest absolute Gasteiger partial charge is 0.496 e. The van der Waals surface area contributed by atoms with Gasteiger partial charge in [0.25, 0.3) is 5.91 Å². The summed E-state index contributed by atoms with van der Waals surface area (Å²) in [7, 11) is 1.47. The zero-order valence-corrected chi connectivity index (χ0v) is 27.8. The highest BCUT2D eigenvalue weighted by Gasteiger charge is 2.27. The van der Waals surface area contributed by atoms with Crippen molar-refractivity contribution in [3.05, 3.63) is 88.8 Å². The molecule has 1 saturated carbocycles. The molecular weight excluding hydrogens is 612 g/mol. The molecule has 1 aliphatic rings. The Morgan fingerprint density at radius 3 is 2.38 bits per heavy atom. The van der Waals surface area contributed by atoms with Gasteiger partial charge in [0, 0.05) is 35.2 Å². The Kier molecular flexibility index (Phi) is 11.8.